The minimum Gasteiger partial charge on any atom is -0.493 e. The second-order valence-corrected chi connectivity index (χ2v) is 5.99. The van der Waals surface area contributed by atoms with Gasteiger partial charge in [-0.05, 0) is 46.5 Å². The minimum atomic E-state index is 0. The van der Waals surface area contributed by atoms with Gasteiger partial charge >= 0.3 is 0 Å². The molecular formula is C15H23BrIN3O2. The van der Waals surface area contributed by atoms with Gasteiger partial charge in [0.25, 0.3) is 0 Å². The van der Waals surface area contributed by atoms with Gasteiger partial charge in [0, 0.05) is 6.04 Å². The number of nitrogens with zero attached hydrogens (tertiary/aromatic N) is 1. The molecule has 0 unspecified atom stereocenters. The number of ether oxygens (including phenoxy) is 2. The van der Waals surface area contributed by atoms with Crippen molar-refractivity contribution < 1.29 is 9.47 Å². The van der Waals surface area contributed by atoms with E-state index in [4.69, 9.17) is 15.2 Å². The second-order valence-electron chi connectivity index (χ2n) is 5.14. The Balaban J connectivity index is 0.00000242. The molecule has 3 N–H and O–H groups in total. The molecule has 0 saturated heterocycles. The van der Waals surface area contributed by atoms with Crippen molar-refractivity contribution in [3.8, 4) is 11.5 Å². The fraction of sp³-hybridized carbons (Fsp3) is 0.533. The monoisotopic (exact) mass is 483 g/mol. The van der Waals surface area contributed by atoms with Crippen molar-refractivity contribution in [2.45, 2.75) is 38.3 Å². The van der Waals surface area contributed by atoms with E-state index in [1.807, 2.05) is 12.1 Å². The summed E-state index contributed by atoms with van der Waals surface area (Å²) in [6, 6.07) is 4.36. The first-order valence-corrected chi connectivity index (χ1v) is 7.90. The summed E-state index contributed by atoms with van der Waals surface area (Å²) in [6.07, 6.45) is 4.90. The van der Waals surface area contributed by atoms with Crippen molar-refractivity contribution in [1.29, 1.82) is 0 Å². The molecule has 1 aromatic rings. The lowest BCUT2D eigenvalue weighted by molar-refractivity contribution is 0.352. The van der Waals surface area contributed by atoms with Gasteiger partial charge in [-0.2, -0.15) is 0 Å². The highest BCUT2D eigenvalue weighted by Crippen LogP contribution is 2.36. The highest BCUT2D eigenvalue weighted by molar-refractivity contribution is 14.0. The summed E-state index contributed by atoms with van der Waals surface area (Å²) in [6.45, 7) is 0.504. The number of benzene rings is 1. The summed E-state index contributed by atoms with van der Waals surface area (Å²) in [4.78, 5) is 4.40. The molecule has 0 heterocycles. The molecule has 0 spiro atoms. The van der Waals surface area contributed by atoms with E-state index in [0.717, 1.165) is 10.0 Å². The molecule has 124 valence electrons. The normalized spacial score (nSPS) is 15.3. The third-order valence-electron chi connectivity index (χ3n) is 3.63. The van der Waals surface area contributed by atoms with Crippen LogP contribution < -0.4 is 20.5 Å². The van der Waals surface area contributed by atoms with Gasteiger partial charge in [-0.1, -0.05) is 12.8 Å². The summed E-state index contributed by atoms with van der Waals surface area (Å²) >= 11 is 3.48. The maximum absolute atomic E-state index is 5.94. The molecule has 1 fully saturated rings. The maximum Gasteiger partial charge on any atom is 0.189 e. The zero-order chi connectivity index (χ0) is 15.2. The zero-order valence-electron chi connectivity index (χ0n) is 12.9. The van der Waals surface area contributed by atoms with E-state index in [0.29, 0.717) is 30.0 Å². The Morgan fingerprint density at radius 3 is 2.59 bits per heavy atom. The van der Waals surface area contributed by atoms with Crippen LogP contribution in [0.15, 0.2) is 21.6 Å². The van der Waals surface area contributed by atoms with E-state index >= 15 is 0 Å². The summed E-state index contributed by atoms with van der Waals surface area (Å²) < 4.78 is 11.5. The van der Waals surface area contributed by atoms with E-state index in [1.165, 1.54) is 25.7 Å². The lowest BCUT2D eigenvalue weighted by atomic mass is 10.2. The van der Waals surface area contributed by atoms with Gasteiger partial charge in [-0.3, -0.25) is 0 Å². The minimum absolute atomic E-state index is 0. The molecule has 0 radical (unpaired) electrons. The molecule has 22 heavy (non-hydrogen) atoms. The van der Waals surface area contributed by atoms with Crippen LogP contribution in [0.1, 0.15) is 31.2 Å². The van der Waals surface area contributed by atoms with Crippen LogP contribution >= 0.6 is 39.9 Å². The highest BCUT2D eigenvalue weighted by Gasteiger charge is 2.15. The van der Waals surface area contributed by atoms with Gasteiger partial charge < -0.3 is 20.5 Å². The molecule has 0 atom stereocenters. The van der Waals surface area contributed by atoms with Gasteiger partial charge in [0.05, 0.1) is 25.2 Å². The van der Waals surface area contributed by atoms with Crippen molar-refractivity contribution in [2.24, 2.45) is 10.7 Å². The Kier molecular flexibility index (Phi) is 8.30. The fourth-order valence-electron chi connectivity index (χ4n) is 2.56. The number of hydrogen-bond donors (Lipinski definition) is 2. The van der Waals surface area contributed by atoms with Crippen molar-refractivity contribution in [1.82, 2.24) is 5.32 Å². The number of aliphatic imine (C=N–C) groups is 1. The number of hydrogen-bond acceptors (Lipinski definition) is 3. The summed E-state index contributed by atoms with van der Waals surface area (Å²) in [5, 5.41) is 3.27. The number of rotatable bonds is 5. The maximum atomic E-state index is 5.94. The average molecular weight is 484 g/mol. The Morgan fingerprint density at radius 1 is 1.32 bits per heavy atom. The Morgan fingerprint density at radius 2 is 2.00 bits per heavy atom. The lowest BCUT2D eigenvalue weighted by Crippen LogP contribution is -2.38. The van der Waals surface area contributed by atoms with Crippen molar-refractivity contribution >= 4 is 45.9 Å². The lowest BCUT2D eigenvalue weighted by Gasteiger charge is -2.13. The topological polar surface area (TPSA) is 68.9 Å². The third-order valence-corrected chi connectivity index (χ3v) is 4.22. The first-order chi connectivity index (χ1) is 10.1. The molecule has 1 aliphatic rings. The van der Waals surface area contributed by atoms with Crippen LogP contribution in [-0.2, 0) is 6.54 Å². The molecule has 5 nitrogen and oxygen atoms in total. The molecule has 1 saturated carbocycles. The third kappa shape index (κ3) is 5.19. The summed E-state index contributed by atoms with van der Waals surface area (Å²) in [7, 11) is 3.23. The predicted octanol–water partition coefficient (Wildman–Crippen LogP) is 3.43. The van der Waals surface area contributed by atoms with Crippen LogP contribution in [0.25, 0.3) is 0 Å². The van der Waals surface area contributed by atoms with Gasteiger partial charge in [0.1, 0.15) is 0 Å². The number of guanidine groups is 1. The number of methoxy groups -OCH3 is 2. The standard InChI is InChI=1S/C15H22BrN3O2.HI/c1-20-13-8-10(7-12(16)14(13)21-2)9-18-15(17)19-11-5-3-4-6-11;/h7-8,11H,3-6,9H2,1-2H3,(H3,17,18,19);1H. The van der Waals surface area contributed by atoms with Crippen LogP contribution in [0.2, 0.25) is 0 Å². The number of nitrogens with one attached hydrogen (secondary N) is 1. The Labute approximate surface area is 157 Å². The van der Waals surface area contributed by atoms with E-state index in [9.17, 15) is 0 Å². The molecule has 0 bridgehead atoms. The summed E-state index contributed by atoms with van der Waals surface area (Å²) in [5.41, 5.74) is 6.95. The van der Waals surface area contributed by atoms with Crippen molar-refractivity contribution in [3.05, 3.63) is 22.2 Å². The van der Waals surface area contributed by atoms with Gasteiger partial charge in [-0.15, -0.1) is 24.0 Å². The smallest absolute Gasteiger partial charge is 0.189 e. The Hall–Kier alpha value is -0.700. The Bertz CT molecular complexity index is 520. The van der Waals surface area contributed by atoms with E-state index < -0.39 is 0 Å². The van der Waals surface area contributed by atoms with Crippen LogP contribution in [0.3, 0.4) is 0 Å². The predicted molar refractivity (Wildman–Crippen MR) is 103 cm³/mol. The largest absolute Gasteiger partial charge is 0.493 e. The zero-order valence-corrected chi connectivity index (χ0v) is 16.8. The van der Waals surface area contributed by atoms with Crippen molar-refractivity contribution in [3.63, 3.8) is 0 Å². The number of nitrogens with two attached hydrogens (primary N) is 1. The molecule has 7 heteroatoms. The van der Waals surface area contributed by atoms with Crippen LogP contribution in [0.4, 0.5) is 0 Å². The quantitative estimate of drug-likeness (QED) is 0.382. The molecule has 1 aliphatic carbocycles. The summed E-state index contributed by atoms with van der Waals surface area (Å²) in [5.74, 6) is 1.87. The molecular weight excluding hydrogens is 461 g/mol. The number of halogens is 2. The molecule has 0 aliphatic heterocycles. The second kappa shape index (κ2) is 9.44. The first kappa shape index (κ1) is 19.3. The molecule has 1 aromatic carbocycles. The van der Waals surface area contributed by atoms with Gasteiger partial charge in [0.2, 0.25) is 0 Å². The van der Waals surface area contributed by atoms with Gasteiger partial charge in [-0.25, -0.2) is 4.99 Å². The van der Waals surface area contributed by atoms with E-state index in [2.05, 4.69) is 26.2 Å². The molecule has 2 rings (SSSR count). The van der Waals surface area contributed by atoms with E-state index in [1.54, 1.807) is 14.2 Å². The van der Waals surface area contributed by atoms with Crippen LogP contribution in [0.5, 0.6) is 11.5 Å². The van der Waals surface area contributed by atoms with E-state index in [-0.39, 0.29) is 24.0 Å². The van der Waals surface area contributed by atoms with Crippen molar-refractivity contribution in [2.75, 3.05) is 14.2 Å². The fourth-order valence-corrected chi connectivity index (χ4v) is 3.22. The highest BCUT2D eigenvalue weighted by atomic mass is 127. The van der Waals surface area contributed by atoms with Crippen LogP contribution in [0, 0.1) is 0 Å². The molecule has 0 aromatic heterocycles. The van der Waals surface area contributed by atoms with Gasteiger partial charge in [0.15, 0.2) is 17.5 Å². The first-order valence-electron chi connectivity index (χ1n) is 7.11. The SMILES string of the molecule is COc1cc(CN=C(N)NC2CCCC2)cc(Br)c1OC.I. The molecule has 0 amide bonds. The van der Waals surface area contributed by atoms with Crippen LogP contribution in [-0.4, -0.2) is 26.2 Å². The average Bonchev–Trinajstić information content (AvgIpc) is 2.97.